The molecule has 0 heterocycles. The third kappa shape index (κ3) is 4.34. The Hall–Kier alpha value is -2.02. The third-order valence-corrected chi connectivity index (χ3v) is 5.22. The summed E-state index contributed by atoms with van der Waals surface area (Å²) in [6.45, 7) is 7.84. The van der Waals surface area contributed by atoms with Crippen molar-refractivity contribution in [3.63, 3.8) is 0 Å². The van der Waals surface area contributed by atoms with Crippen molar-refractivity contribution in [2.45, 2.75) is 44.2 Å². The fraction of sp³-hybridized carbons (Fsp3) is 0.333. The molecule has 2 rings (SSSR count). The van der Waals surface area contributed by atoms with Crippen molar-refractivity contribution in [2.75, 3.05) is 4.72 Å². The Balaban J connectivity index is 2.48. The van der Waals surface area contributed by atoms with Crippen LogP contribution in [0.2, 0.25) is 0 Å². The molecule has 136 valence electrons. The van der Waals surface area contributed by atoms with E-state index in [1.54, 1.807) is 18.2 Å². The lowest BCUT2D eigenvalue weighted by atomic mass is 9.84. The SMILES string of the molecule is Cc1ccc(NS(=O)(=O)c2ccccc2C(F)(F)F)cc1C(C)(C)C. The minimum absolute atomic E-state index is 0.227. The molecule has 3 nitrogen and oxygen atoms in total. The van der Waals surface area contributed by atoms with Gasteiger partial charge in [0.15, 0.2) is 0 Å². The van der Waals surface area contributed by atoms with Gasteiger partial charge < -0.3 is 0 Å². The Kier molecular flexibility index (Phi) is 4.92. The summed E-state index contributed by atoms with van der Waals surface area (Å²) in [5.74, 6) is 0. The molecule has 0 atom stereocenters. The molecule has 7 heteroatoms. The summed E-state index contributed by atoms with van der Waals surface area (Å²) in [6.07, 6.45) is -4.75. The zero-order valence-electron chi connectivity index (χ0n) is 14.4. The molecule has 25 heavy (non-hydrogen) atoms. The van der Waals surface area contributed by atoms with Crippen molar-refractivity contribution in [1.82, 2.24) is 0 Å². The van der Waals surface area contributed by atoms with E-state index in [4.69, 9.17) is 0 Å². The standard InChI is InChI=1S/C18H20F3NO2S/c1-12-9-10-13(11-15(12)17(2,3)4)22-25(23,24)16-8-6-5-7-14(16)18(19,20)21/h5-11,22H,1-4H3. The van der Waals surface area contributed by atoms with E-state index in [1.807, 2.05) is 27.7 Å². The predicted molar refractivity (Wildman–Crippen MR) is 92.1 cm³/mol. The van der Waals surface area contributed by atoms with Gasteiger partial charge in [-0.2, -0.15) is 13.2 Å². The van der Waals surface area contributed by atoms with Crippen LogP contribution in [0.1, 0.15) is 37.5 Å². The molecule has 0 saturated heterocycles. The van der Waals surface area contributed by atoms with Crippen LogP contribution in [0.5, 0.6) is 0 Å². The maximum atomic E-state index is 13.1. The molecule has 0 aromatic heterocycles. The highest BCUT2D eigenvalue weighted by atomic mass is 32.2. The molecule has 0 saturated carbocycles. The molecule has 1 N–H and O–H groups in total. The topological polar surface area (TPSA) is 46.2 Å². The Morgan fingerprint density at radius 2 is 1.52 bits per heavy atom. The number of alkyl halides is 3. The molecule has 2 aromatic carbocycles. The maximum Gasteiger partial charge on any atom is 0.417 e. The molecular formula is C18H20F3NO2S. The fourth-order valence-electron chi connectivity index (χ4n) is 2.64. The van der Waals surface area contributed by atoms with Crippen molar-refractivity contribution in [3.05, 3.63) is 59.2 Å². The lowest BCUT2D eigenvalue weighted by Crippen LogP contribution is -2.19. The van der Waals surface area contributed by atoms with Crippen LogP contribution in [0.3, 0.4) is 0 Å². The number of hydrogen-bond acceptors (Lipinski definition) is 2. The number of halogens is 3. The molecule has 0 amide bonds. The van der Waals surface area contributed by atoms with Gasteiger partial charge in [0.05, 0.1) is 10.5 Å². The van der Waals surface area contributed by atoms with Gasteiger partial charge in [0.2, 0.25) is 0 Å². The summed E-state index contributed by atoms with van der Waals surface area (Å²) in [4.78, 5) is -0.791. The van der Waals surface area contributed by atoms with E-state index in [2.05, 4.69) is 4.72 Å². The second-order valence-electron chi connectivity index (χ2n) is 6.88. The van der Waals surface area contributed by atoms with Gasteiger partial charge in [-0.3, -0.25) is 4.72 Å². The van der Waals surface area contributed by atoms with Gasteiger partial charge >= 0.3 is 6.18 Å². The van der Waals surface area contributed by atoms with Gasteiger partial charge in [-0.25, -0.2) is 8.42 Å². The minimum Gasteiger partial charge on any atom is -0.280 e. The Labute approximate surface area is 145 Å². The first-order valence-corrected chi connectivity index (χ1v) is 9.11. The number of benzene rings is 2. The average Bonchev–Trinajstić information content (AvgIpc) is 2.47. The monoisotopic (exact) mass is 371 g/mol. The maximum absolute atomic E-state index is 13.1. The highest BCUT2D eigenvalue weighted by Gasteiger charge is 2.37. The van der Waals surface area contributed by atoms with Crippen LogP contribution < -0.4 is 4.72 Å². The number of rotatable bonds is 3. The fourth-order valence-corrected chi connectivity index (χ4v) is 3.92. The highest BCUT2D eigenvalue weighted by Crippen LogP contribution is 2.35. The first-order chi connectivity index (χ1) is 11.3. The van der Waals surface area contributed by atoms with Crippen molar-refractivity contribution < 1.29 is 21.6 Å². The van der Waals surface area contributed by atoms with Crippen LogP contribution in [0.25, 0.3) is 0 Å². The van der Waals surface area contributed by atoms with Gasteiger partial charge in [0, 0.05) is 5.69 Å². The van der Waals surface area contributed by atoms with Crippen LogP contribution >= 0.6 is 0 Å². The van der Waals surface area contributed by atoms with E-state index in [1.165, 1.54) is 6.07 Å². The molecule has 0 radical (unpaired) electrons. The summed E-state index contributed by atoms with van der Waals surface area (Å²) < 4.78 is 66.6. The van der Waals surface area contributed by atoms with E-state index in [9.17, 15) is 21.6 Å². The van der Waals surface area contributed by atoms with Crippen LogP contribution in [-0.4, -0.2) is 8.42 Å². The first kappa shape index (κ1) is 19.3. The minimum atomic E-state index is -4.75. The average molecular weight is 371 g/mol. The number of anilines is 1. The molecule has 0 aliphatic rings. The largest absolute Gasteiger partial charge is 0.417 e. The van der Waals surface area contributed by atoms with E-state index in [0.717, 1.165) is 29.3 Å². The van der Waals surface area contributed by atoms with Crippen molar-refractivity contribution in [2.24, 2.45) is 0 Å². The molecule has 2 aromatic rings. The second kappa shape index (κ2) is 6.37. The van der Waals surface area contributed by atoms with Crippen molar-refractivity contribution >= 4 is 15.7 Å². The van der Waals surface area contributed by atoms with Crippen LogP contribution in [0.15, 0.2) is 47.4 Å². The molecule has 0 unspecified atom stereocenters. The Morgan fingerprint density at radius 1 is 0.920 bits per heavy atom. The summed E-state index contributed by atoms with van der Waals surface area (Å²) >= 11 is 0. The lowest BCUT2D eigenvalue weighted by molar-refractivity contribution is -0.139. The van der Waals surface area contributed by atoms with E-state index < -0.39 is 26.7 Å². The van der Waals surface area contributed by atoms with Gasteiger partial charge in [-0.1, -0.05) is 39.0 Å². The predicted octanol–water partition coefficient (Wildman–Crippen LogP) is 5.11. The molecular weight excluding hydrogens is 351 g/mol. The summed E-state index contributed by atoms with van der Waals surface area (Å²) in [5, 5.41) is 0. The Bertz CT molecular complexity index is 882. The second-order valence-corrected chi connectivity index (χ2v) is 8.53. The molecule has 0 fully saturated rings. The van der Waals surface area contributed by atoms with Gasteiger partial charge in [-0.15, -0.1) is 0 Å². The molecule has 0 bridgehead atoms. The van der Waals surface area contributed by atoms with Gasteiger partial charge in [0.1, 0.15) is 0 Å². The summed E-state index contributed by atoms with van der Waals surface area (Å²) in [6, 6.07) is 9.06. The zero-order valence-corrected chi connectivity index (χ0v) is 15.2. The third-order valence-electron chi connectivity index (χ3n) is 3.78. The summed E-state index contributed by atoms with van der Waals surface area (Å²) in [5.41, 5.74) is 0.705. The smallest absolute Gasteiger partial charge is 0.280 e. The van der Waals surface area contributed by atoms with Crippen LogP contribution in [0.4, 0.5) is 18.9 Å². The molecule has 0 aliphatic heterocycles. The lowest BCUT2D eigenvalue weighted by Gasteiger charge is -2.23. The van der Waals surface area contributed by atoms with Gasteiger partial charge in [-0.05, 0) is 47.7 Å². The quantitative estimate of drug-likeness (QED) is 0.815. The molecule has 0 spiro atoms. The summed E-state index contributed by atoms with van der Waals surface area (Å²) in [7, 11) is -4.37. The van der Waals surface area contributed by atoms with Crippen molar-refractivity contribution in [1.29, 1.82) is 0 Å². The highest BCUT2D eigenvalue weighted by molar-refractivity contribution is 7.92. The number of aryl methyl sites for hydroxylation is 1. The van der Waals surface area contributed by atoms with E-state index >= 15 is 0 Å². The van der Waals surface area contributed by atoms with Gasteiger partial charge in [0.25, 0.3) is 10.0 Å². The van der Waals surface area contributed by atoms with Crippen molar-refractivity contribution in [3.8, 4) is 0 Å². The number of sulfonamides is 1. The van der Waals surface area contributed by atoms with E-state index in [-0.39, 0.29) is 11.1 Å². The van der Waals surface area contributed by atoms with E-state index in [0.29, 0.717) is 0 Å². The Morgan fingerprint density at radius 3 is 2.08 bits per heavy atom. The van der Waals surface area contributed by atoms with Crippen LogP contribution in [-0.2, 0) is 21.6 Å². The molecule has 0 aliphatic carbocycles. The zero-order chi connectivity index (χ0) is 19.0. The number of nitrogens with one attached hydrogen (secondary N) is 1. The first-order valence-electron chi connectivity index (χ1n) is 7.62. The van der Waals surface area contributed by atoms with Crippen LogP contribution in [0, 0.1) is 6.92 Å². The normalized spacial score (nSPS) is 12.9. The number of hydrogen-bond donors (Lipinski definition) is 1.